The molecule has 0 bridgehead atoms. The molecule has 1 aliphatic rings. The minimum atomic E-state index is -0.565. The largest absolute Gasteiger partial charge is 0.352 e. The fourth-order valence-corrected chi connectivity index (χ4v) is 4.92. The van der Waals surface area contributed by atoms with Gasteiger partial charge < -0.3 is 10.6 Å². The van der Waals surface area contributed by atoms with Gasteiger partial charge in [-0.25, -0.2) is 4.39 Å². The lowest BCUT2D eigenvalue weighted by atomic mass is 10.0. The molecular weight excluding hydrogens is 447 g/mol. The summed E-state index contributed by atoms with van der Waals surface area (Å²) in [5, 5.41) is 5.67. The lowest BCUT2D eigenvalue weighted by Crippen LogP contribution is -2.25. The number of hydrogen-bond donors (Lipinski definition) is 2. The normalized spacial score (nSPS) is 12.2. The average Bonchev–Trinajstić information content (AvgIpc) is 3.00. The van der Waals surface area contributed by atoms with Gasteiger partial charge in [0.25, 0.3) is 11.8 Å². The van der Waals surface area contributed by atoms with Gasteiger partial charge in [-0.15, -0.1) is 0 Å². The molecule has 5 rings (SSSR count). The molecule has 2 N–H and O–H groups in total. The van der Waals surface area contributed by atoms with Gasteiger partial charge in [0.1, 0.15) is 5.82 Å². The van der Waals surface area contributed by atoms with Crippen LogP contribution in [-0.4, -0.2) is 18.4 Å². The first-order valence-corrected chi connectivity index (χ1v) is 11.7. The van der Waals surface area contributed by atoms with Crippen LogP contribution >= 0.6 is 11.8 Å². The Labute approximate surface area is 201 Å². The monoisotopic (exact) mass is 468 g/mol. The maximum Gasteiger partial charge on any atom is 0.259 e. The number of carbonyl (C=O) groups is 2. The van der Waals surface area contributed by atoms with Crippen LogP contribution in [0.25, 0.3) is 11.1 Å². The fraction of sp³-hybridized carbons (Fsp3) is 0.0714. The molecule has 0 fully saturated rings. The Kier molecular flexibility index (Phi) is 6.14. The Bertz CT molecular complexity index is 1370. The molecular formula is C28H21FN2O2S. The van der Waals surface area contributed by atoms with Crippen LogP contribution in [0.1, 0.15) is 26.3 Å². The highest BCUT2D eigenvalue weighted by atomic mass is 32.2. The molecule has 4 aromatic carbocycles. The minimum absolute atomic E-state index is 0.0213. The number of nitrogens with one attached hydrogen (secondary N) is 2. The van der Waals surface area contributed by atoms with Crippen molar-refractivity contribution in [1.29, 1.82) is 0 Å². The van der Waals surface area contributed by atoms with Crippen molar-refractivity contribution in [2.75, 3.05) is 11.9 Å². The fourth-order valence-electron chi connectivity index (χ4n) is 3.89. The number of amides is 2. The van der Waals surface area contributed by atoms with E-state index in [0.29, 0.717) is 29.1 Å². The first-order valence-electron chi connectivity index (χ1n) is 10.9. The summed E-state index contributed by atoms with van der Waals surface area (Å²) in [7, 11) is 0. The van der Waals surface area contributed by atoms with E-state index in [2.05, 4.69) is 47.0 Å². The first-order chi connectivity index (χ1) is 16.6. The van der Waals surface area contributed by atoms with Crippen LogP contribution in [0.5, 0.6) is 0 Å². The summed E-state index contributed by atoms with van der Waals surface area (Å²) in [5.41, 5.74) is 4.40. The summed E-state index contributed by atoms with van der Waals surface area (Å²) in [5.74, 6) is -1.31. The zero-order chi connectivity index (χ0) is 23.5. The van der Waals surface area contributed by atoms with E-state index in [1.165, 1.54) is 23.4 Å². The van der Waals surface area contributed by atoms with Gasteiger partial charge in [-0.1, -0.05) is 72.4 Å². The van der Waals surface area contributed by atoms with E-state index >= 15 is 0 Å². The lowest BCUT2D eigenvalue weighted by molar-refractivity contribution is 0.0952. The highest BCUT2D eigenvalue weighted by molar-refractivity contribution is 7.99. The predicted molar refractivity (Wildman–Crippen MR) is 133 cm³/mol. The van der Waals surface area contributed by atoms with Crippen molar-refractivity contribution in [3.8, 4) is 11.1 Å². The van der Waals surface area contributed by atoms with Crippen molar-refractivity contribution in [3.63, 3.8) is 0 Å². The number of carbonyl (C=O) groups excluding carboxylic acids is 2. The summed E-state index contributed by atoms with van der Waals surface area (Å²) in [6.45, 7) is 0.484. The van der Waals surface area contributed by atoms with Gasteiger partial charge in [0, 0.05) is 21.9 Å². The molecule has 4 nitrogen and oxygen atoms in total. The van der Waals surface area contributed by atoms with Crippen LogP contribution in [0.3, 0.4) is 0 Å². The van der Waals surface area contributed by atoms with E-state index in [9.17, 15) is 14.0 Å². The minimum Gasteiger partial charge on any atom is -0.352 e. The second-order valence-corrected chi connectivity index (χ2v) is 9.03. The quantitative estimate of drug-likeness (QED) is 0.368. The van der Waals surface area contributed by atoms with Gasteiger partial charge in [0.2, 0.25) is 0 Å². The summed E-state index contributed by atoms with van der Waals surface area (Å²) in [4.78, 5) is 26.6. The highest BCUT2D eigenvalue weighted by Gasteiger charge is 2.24. The third-order valence-electron chi connectivity index (χ3n) is 5.67. The Morgan fingerprint density at radius 2 is 1.62 bits per heavy atom. The number of rotatable bonds is 5. The highest BCUT2D eigenvalue weighted by Crippen LogP contribution is 2.39. The van der Waals surface area contributed by atoms with Crippen LogP contribution < -0.4 is 10.6 Å². The van der Waals surface area contributed by atoms with Crippen molar-refractivity contribution in [2.45, 2.75) is 16.2 Å². The molecule has 0 saturated heterocycles. The molecule has 0 aliphatic carbocycles. The number of hydrogen-bond acceptors (Lipinski definition) is 3. The van der Waals surface area contributed by atoms with Gasteiger partial charge >= 0.3 is 0 Å². The molecule has 168 valence electrons. The van der Waals surface area contributed by atoms with E-state index in [1.807, 2.05) is 18.2 Å². The maximum absolute atomic E-state index is 14.2. The van der Waals surface area contributed by atoms with Crippen molar-refractivity contribution >= 4 is 29.3 Å². The van der Waals surface area contributed by atoms with Crippen LogP contribution in [0.2, 0.25) is 0 Å². The average molecular weight is 469 g/mol. The van der Waals surface area contributed by atoms with Crippen LogP contribution in [0, 0.1) is 5.82 Å². The molecule has 6 heteroatoms. The molecule has 1 aliphatic heterocycles. The molecule has 0 unspecified atom stereocenters. The maximum atomic E-state index is 14.2. The summed E-state index contributed by atoms with van der Waals surface area (Å²) < 4.78 is 14.2. The SMILES string of the molecule is O=C(NCCc1ccc(-c2ccccc2)cc1)c1ccc2c(c1)NC(=O)c1c(F)cccc1S2. The summed E-state index contributed by atoms with van der Waals surface area (Å²) in [6, 6.07) is 28.2. The molecule has 0 aromatic heterocycles. The zero-order valence-corrected chi connectivity index (χ0v) is 19.0. The van der Waals surface area contributed by atoms with Crippen molar-refractivity contribution < 1.29 is 14.0 Å². The van der Waals surface area contributed by atoms with E-state index < -0.39 is 11.7 Å². The topological polar surface area (TPSA) is 58.2 Å². The Morgan fingerprint density at radius 3 is 2.41 bits per heavy atom. The molecule has 2 amide bonds. The lowest BCUT2D eigenvalue weighted by Gasteiger charge is -2.10. The Balaban J connectivity index is 1.22. The predicted octanol–water partition coefficient (Wildman–Crippen LogP) is 6.18. The third kappa shape index (κ3) is 4.58. The van der Waals surface area contributed by atoms with E-state index in [4.69, 9.17) is 0 Å². The number of benzene rings is 4. The van der Waals surface area contributed by atoms with E-state index in [1.54, 1.807) is 30.3 Å². The third-order valence-corrected chi connectivity index (χ3v) is 6.81. The summed E-state index contributed by atoms with van der Waals surface area (Å²) >= 11 is 1.30. The van der Waals surface area contributed by atoms with Gasteiger partial charge in [-0.2, -0.15) is 0 Å². The van der Waals surface area contributed by atoms with Crippen molar-refractivity contribution in [1.82, 2.24) is 5.32 Å². The van der Waals surface area contributed by atoms with Crippen molar-refractivity contribution in [3.05, 3.63) is 114 Å². The second-order valence-electron chi connectivity index (χ2n) is 7.95. The second kappa shape index (κ2) is 9.53. The molecule has 0 atom stereocenters. The molecule has 1 heterocycles. The Morgan fingerprint density at radius 1 is 0.853 bits per heavy atom. The van der Waals surface area contributed by atoms with Crippen LogP contribution in [-0.2, 0) is 6.42 Å². The smallest absolute Gasteiger partial charge is 0.259 e. The molecule has 4 aromatic rings. The van der Waals surface area contributed by atoms with Gasteiger partial charge in [-0.05, 0) is 53.4 Å². The number of anilines is 1. The Hall–Kier alpha value is -3.90. The van der Waals surface area contributed by atoms with Crippen molar-refractivity contribution in [2.24, 2.45) is 0 Å². The van der Waals surface area contributed by atoms with Gasteiger partial charge in [0.05, 0.1) is 11.3 Å². The summed E-state index contributed by atoms with van der Waals surface area (Å²) in [6.07, 6.45) is 0.701. The molecule has 0 saturated carbocycles. The standard InChI is InChI=1S/C28H21FN2O2S/c29-22-7-4-8-25-26(22)28(33)31-23-17-21(13-14-24(23)34-25)27(32)30-16-15-18-9-11-20(12-10-18)19-5-2-1-3-6-19/h1-14,17H,15-16H2,(H,30,32)(H,31,33). The van der Waals surface area contributed by atoms with Crippen LogP contribution in [0.15, 0.2) is 101 Å². The van der Waals surface area contributed by atoms with Crippen LogP contribution in [0.4, 0.5) is 10.1 Å². The van der Waals surface area contributed by atoms with E-state index in [0.717, 1.165) is 16.0 Å². The molecule has 34 heavy (non-hydrogen) atoms. The number of halogens is 1. The van der Waals surface area contributed by atoms with Gasteiger partial charge in [-0.3, -0.25) is 9.59 Å². The number of fused-ring (bicyclic) bond motifs is 2. The molecule has 0 radical (unpaired) electrons. The molecule has 0 spiro atoms. The van der Waals surface area contributed by atoms with Gasteiger partial charge in [0.15, 0.2) is 0 Å². The first kappa shape index (κ1) is 21.9. The van der Waals surface area contributed by atoms with E-state index in [-0.39, 0.29) is 11.5 Å². The zero-order valence-electron chi connectivity index (χ0n) is 18.2.